The van der Waals surface area contributed by atoms with Crippen LogP contribution in [0.5, 0.6) is 0 Å². The van der Waals surface area contributed by atoms with Gasteiger partial charge >= 0.3 is 0 Å². The van der Waals surface area contributed by atoms with Crippen LogP contribution >= 0.6 is 0 Å². The molecule has 2 N–H and O–H groups in total. The lowest BCUT2D eigenvalue weighted by Crippen LogP contribution is -2.54. The van der Waals surface area contributed by atoms with Crippen LogP contribution in [0.25, 0.3) is 0 Å². The third-order valence-corrected chi connectivity index (χ3v) is 5.50. The Labute approximate surface area is 104 Å². The summed E-state index contributed by atoms with van der Waals surface area (Å²) < 4.78 is 28.4. The lowest BCUT2D eigenvalue weighted by atomic mass is 9.88. The largest absolute Gasteiger partial charge is 0.317 e. The third-order valence-electron chi connectivity index (χ3n) is 3.86. The van der Waals surface area contributed by atoms with Crippen molar-refractivity contribution in [3.05, 3.63) is 0 Å². The van der Waals surface area contributed by atoms with Crippen molar-refractivity contribution in [2.75, 3.05) is 26.2 Å². The molecule has 2 aliphatic rings. The van der Waals surface area contributed by atoms with E-state index in [0.717, 1.165) is 38.8 Å². The first kappa shape index (κ1) is 13.3. The van der Waals surface area contributed by atoms with E-state index >= 15 is 0 Å². The molecule has 2 aliphatic heterocycles. The van der Waals surface area contributed by atoms with Gasteiger partial charge in [-0.05, 0) is 44.7 Å². The van der Waals surface area contributed by atoms with Crippen LogP contribution in [0.1, 0.15) is 32.6 Å². The Morgan fingerprint density at radius 1 is 1.29 bits per heavy atom. The maximum atomic E-state index is 12.0. The Bertz CT molecular complexity index is 339. The average Bonchev–Trinajstić information content (AvgIpc) is 2.33. The Kier molecular flexibility index (Phi) is 4.41. The average molecular weight is 261 g/mol. The van der Waals surface area contributed by atoms with Crippen LogP contribution in [0.4, 0.5) is 0 Å². The molecule has 1 atom stereocenters. The van der Waals surface area contributed by atoms with Gasteiger partial charge in [-0.1, -0.05) is 6.92 Å². The van der Waals surface area contributed by atoms with Gasteiger partial charge in [0.1, 0.15) is 0 Å². The van der Waals surface area contributed by atoms with Gasteiger partial charge in [0.2, 0.25) is 0 Å². The molecule has 2 rings (SSSR count). The fourth-order valence-electron chi connectivity index (χ4n) is 2.98. The normalized spacial score (nSPS) is 29.0. The molecule has 0 saturated carbocycles. The second-order valence-electron chi connectivity index (χ2n) is 4.93. The fraction of sp³-hybridized carbons (Fsp3) is 1.00. The maximum absolute atomic E-state index is 12.0. The van der Waals surface area contributed by atoms with E-state index in [0.29, 0.717) is 19.0 Å². The van der Waals surface area contributed by atoms with Crippen LogP contribution in [0, 0.1) is 5.92 Å². The number of piperidine rings is 1. The van der Waals surface area contributed by atoms with Gasteiger partial charge in [-0.15, -0.1) is 0 Å². The standard InChI is InChI=1S/C11H23N3O2S/c1-2-11(10-4-7-12-8-5-10)14-9-3-6-13-17(14,15)16/h10-13H,2-9H2,1H3. The molecule has 6 heteroatoms. The van der Waals surface area contributed by atoms with E-state index in [1.165, 1.54) is 0 Å². The van der Waals surface area contributed by atoms with E-state index in [2.05, 4.69) is 17.0 Å². The van der Waals surface area contributed by atoms with Crippen molar-refractivity contribution in [1.82, 2.24) is 14.3 Å². The van der Waals surface area contributed by atoms with Crippen LogP contribution in [0.2, 0.25) is 0 Å². The zero-order chi connectivity index (χ0) is 12.3. The van der Waals surface area contributed by atoms with Crippen molar-refractivity contribution in [2.45, 2.75) is 38.6 Å². The van der Waals surface area contributed by atoms with Crippen LogP contribution < -0.4 is 10.0 Å². The number of nitrogens with one attached hydrogen (secondary N) is 2. The topological polar surface area (TPSA) is 61.4 Å². The van der Waals surface area contributed by atoms with Gasteiger partial charge in [-0.2, -0.15) is 12.7 Å². The fourth-order valence-corrected chi connectivity index (χ4v) is 4.60. The molecule has 0 aromatic carbocycles. The highest BCUT2D eigenvalue weighted by atomic mass is 32.2. The van der Waals surface area contributed by atoms with Gasteiger partial charge in [-0.3, -0.25) is 0 Å². The summed E-state index contributed by atoms with van der Waals surface area (Å²) in [6.45, 7) is 5.39. The van der Waals surface area contributed by atoms with Crippen molar-refractivity contribution in [3.8, 4) is 0 Å². The second-order valence-corrected chi connectivity index (χ2v) is 6.63. The lowest BCUT2D eigenvalue weighted by Gasteiger charge is -2.39. The second kappa shape index (κ2) is 5.65. The number of hydrogen-bond acceptors (Lipinski definition) is 3. The summed E-state index contributed by atoms with van der Waals surface area (Å²) in [7, 11) is -3.22. The summed E-state index contributed by atoms with van der Waals surface area (Å²) in [5.74, 6) is 0.510. The van der Waals surface area contributed by atoms with Gasteiger partial charge in [-0.25, -0.2) is 4.72 Å². The molecular weight excluding hydrogens is 238 g/mol. The Morgan fingerprint density at radius 3 is 2.59 bits per heavy atom. The Morgan fingerprint density at radius 2 is 2.00 bits per heavy atom. The molecule has 2 fully saturated rings. The van der Waals surface area contributed by atoms with E-state index in [-0.39, 0.29) is 6.04 Å². The lowest BCUT2D eigenvalue weighted by molar-refractivity contribution is 0.184. The minimum atomic E-state index is -3.22. The first-order valence-electron chi connectivity index (χ1n) is 6.62. The molecule has 17 heavy (non-hydrogen) atoms. The molecule has 0 amide bonds. The van der Waals surface area contributed by atoms with Gasteiger partial charge in [0.15, 0.2) is 0 Å². The summed E-state index contributed by atoms with van der Waals surface area (Å²) in [6.07, 6.45) is 4.00. The predicted octanol–water partition coefficient (Wildman–Crippen LogP) is 0.305. The molecule has 2 heterocycles. The number of hydrogen-bond donors (Lipinski definition) is 2. The summed E-state index contributed by atoms with van der Waals surface area (Å²) in [5.41, 5.74) is 0. The molecule has 100 valence electrons. The molecule has 1 unspecified atom stereocenters. The molecular formula is C11H23N3O2S. The molecule has 0 bridgehead atoms. The van der Waals surface area contributed by atoms with Gasteiger partial charge in [0.05, 0.1) is 0 Å². The molecule has 0 radical (unpaired) electrons. The van der Waals surface area contributed by atoms with Crippen molar-refractivity contribution in [2.24, 2.45) is 5.92 Å². The predicted molar refractivity (Wildman–Crippen MR) is 67.9 cm³/mol. The quantitative estimate of drug-likeness (QED) is 0.768. The van der Waals surface area contributed by atoms with E-state index < -0.39 is 10.2 Å². The SMILES string of the molecule is CCC(C1CCNCC1)N1CCCNS1(=O)=O. The van der Waals surface area contributed by atoms with Gasteiger partial charge in [0, 0.05) is 19.1 Å². The van der Waals surface area contributed by atoms with Crippen LogP contribution in [0.15, 0.2) is 0 Å². The summed E-state index contributed by atoms with van der Waals surface area (Å²) in [4.78, 5) is 0. The highest BCUT2D eigenvalue weighted by Crippen LogP contribution is 2.26. The van der Waals surface area contributed by atoms with Crippen molar-refractivity contribution >= 4 is 10.2 Å². The van der Waals surface area contributed by atoms with Crippen molar-refractivity contribution in [3.63, 3.8) is 0 Å². The Hall–Kier alpha value is -0.170. The van der Waals surface area contributed by atoms with E-state index in [1.54, 1.807) is 4.31 Å². The summed E-state index contributed by atoms with van der Waals surface area (Å²) in [6, 6.07) is 0.176. The monoisotopic (exact) mass is 261 g/mol. The Balaban J connectivity index is 2.10. The molecule has 2 saturated heterocycles. The van der Waals surface area contributed by atoms with Gasteiger partial charge in [0.25, 0.3) is 10.2 Å². The highest BCUT2D eigenvalue weighted by Gasteiger charge is 2.35. The third kappa shape index (κ3) is 2.99. The molecule has 0 spiro atoms. The van der Waals surface area contributed by atoms with Crippen molar-refractivity contribution < 1.29 is 8.42 Å². The van der Waals surface area contributed by atoms with E-state index in [9.17, 15) is 8.42 Å². The maximum Gasteiger partial charge on any atom is 0.279 e. The zero-order valence-electron chi connectivity index (χ0n) is 10.5. The number of nitrogens with zero attached hydrogens (tertiary/aromatic N) is 1. The molecule has 0 aromatic rings. The highest BCUT2D eigenvalue weighted by molar-refractivity contribution is 7.87. The number of rotatable bonds is 3. The summed E-state index contributed by atoms with van der Waals surface area (Å²) in [5, 5.41) is 3.33. The van der Waals surface area contributed by atoms with E-state index in [1.807, 2.05) is 0 Å². The minimum absolute atomic E-state index is 0.176. The van der Waals surface area contributed by atoms with Crippen LogP contribution in [-0.4, -0.2) is 44.9 Å². The summed E-state index contributed by atoms with van der Waals surface area (Å²) >= 11 is 0. The minimum Gasteiger partial charge on any atom is -0.317 e. The van der Waals surface area contributed by atoms with Gasteiger partial charge < -0.3 is 5.32 Å². The zero-order valence-corrected chi connectivity index (χ0v) is 11.3. The first-order valence-corrected chi connectivity index (χ1v) is 8.06. The van der Waals surface area contributed by atoms with Crippen LogP contribution in [0.3, 0.4) is 0 Å². The first-order chi connectivity index (χ1) is 8.15. The molecule has 0 aliphatic carbocycles. The van der Waals surface area contributed by atoms with Crippen molar-refractivity contribution in [1.29, 1.82) is 0 Å². The molecule has 0 aromatic heterocycles. The molecule has 5 nitrogen and oxygen atoms in total. The smallest absolute Gasteiger partial charge is 0.279 e. The van der Waals surface area contributed by atoms with Crippen LogP contribution in [-0.2, 0) is 10.2 Å². The van der Waals surface area contributed by atoms with E-state index in [4.69, 9.17) is 0 Å².